The molecule has 0 fully saturated rings. The zero-order valence-corrected chi connectivity index (χ0v) is 11.4. The summed E-state index contributed by atoms with van der Waals surface area (Å²) in [5, 5.41) is 12.5. The van der Waals surface area contributed by atoms with Gasteiger partial charge in [0.05, 0.1) is 12.7 Å². The molecule has 4 nitrogen and oxygen atoms in total. The zero-order chi connectivity index (χ0) is 13.8. The molecule has 2 N–H and O–H groups in total. The largest absolute Gasteiger partial charge is 0.507 e. The maximum absolute atomic E-state index is 11.8. The van der Waals surface area contributed by atoms with E-state index in [0.29, 0.717) is 12.3 Å². The minimum atomic E-state index is -0.264. The number of benzene rings is 1. The number of carbonyl (C=O) groups excluding carboxylic acids is 1. The van der Waals surface area contributed by atoms with Crippen LogP contribution in [0.2, 0.25) is 0 Å². The van der Waals surface area contributed by atoms with E-state index in [-0.39, 0.29) is 22.6 Å². The first-order valence-electron chi connectivity index (χ1n) is 5.99. The van der Waals surface area contributed by atoms with E-state index in [1.54, 1.807) is 12.1 Å². The Kier molecular flexibility index (Phi) is 4.59. The summed E-state index contributed by atoms with van der Waals surface area (Å²) in [6.07, 6.45) is 0.885. The second kappa shape index (κ2) is 5.76. The molecular weight excluding hydrogens is 230 g/mol. The Morgan fingerprint density at radius 1 is 1.39 bits per heavy atom. The molecule has 0 spiro atoms. The third-order valence-electron chi connectivity index (χ3n) is 2.61. The Morgan fingerprint density at radius 2 is 2.06 bits per heavy atom. The van der Waals surface area contributed by atoms with E-state index in [2.05, 4.69) is 26.1 Å². The Labute approximate surface area is 108 Å². The van der Waals surface area contributed by atoms with E-state index in [0.717, 1.165) is 6.42 Å². The van der Waals surface area contributed by atoms with Crippen molar-refractivity contribution in [2.75, 3.05) is 13.7 Å². The number of phenolic OH excluding ortho intramolecular Hbond substituents is 1. The zero-order valence-electron chi connectivity index (χ0n) is 11.4. The molecular formula is C14H21NO3. The van der Waals surface area contributed by atoms with Gasteiger partial charge >= 0.3 is 0 Å². The van der Waals surface area contributed by atoms with Crippen LogP contribution in [0.1, 0.15) is 37.6 Å². The first-order valence-corrected chi connectivity index (χ1v) is 5.99. The molecule has 0 aromatic heterocycles. The Bertz CT molecular complexity index is 422. The molecule has 0 saturated heterocycles. The normalized spacial score (nSPS) is 11.1. The van der Waals surface area contributed by atoms with Gasteiger partial charge in [-0.25, -0.2) is 0 Å². The lowest BCUT2D eigenvalue weighted by atomic mass is 9.92. The van der Waals surface area contributed by atoms with Crippen molar-refractivity contribution in [3.8, 4) is 11.5 Å². The molecule has 1 aromatic rings. The van der Waals surface area contributed by atoms with E-state index in [1.165, 1.54) is 13.2 Å². The van der Waals surface area contributed by atoms with Crippen LogP contribution in [0.4, 0.5) is 0 Å². The molecule has 0 heterocycles. The van der Waals surface area contributed by atoms with Crippen molar-refractivity contribution in [3.63, 3.8) is 0 Å². The van der Waals surface area contributed by atoms with Crippen LogP contribution >= 0.6 is 0 Å². The molecule has 4 heteroatoms. The Balaban J connectivity index is 2.62. The second-order valence-electron chi connectivity index (χ2n) is 5.45. The molecule has 0 aliphatic heterocycles. The number of ether oxygens (including phenoxy) is 1. The first kappa shape index (κ1) is 14.4. The average Bonchev–Trinajstić information content (AvgIpc) is 2.26. The van der Waals surface area contributed by atoms with Crippen LogP contribution in [0.15, 0.2) is 18.2 Å². The summed E-state index contributed by atoms with van der Waals surface area (Å²) >= 11 is 0. The van der Waals surface area contributed by atoms with Crippen LogP contribution < -0.4 is 10.1 Å². The van der Waals surface area contributed by atoms with Crippen molar-refractivity contribution in [1.29, 1.82) is 0 Å². The van der Waals surface area contributed by atoms with E-state index in [1.807, 2.05) is 0 Å². The van der Waals surface area contributed by atoms with Gasteiger partial charge in [-0.1, -0.05) is 20.8 Å². The monoisotopic (exact) mass is 251 g/mol. The van der Waals surface area contributed by atoms with Gasteiger partial charge in [-0.2, -0.15) is 0 Å². The standard InChI is InChI=1S/C14H21NO3/c1-14(2,3)7-8-15-13(17)11-6-5-10(18-4)9-12(11)16/h5-6,9,16H,7-8H2,1-4H3,(H,15,17). The maximum Gasteiger partial charge on any atom is 0.255 e. The molecule has 0 saturated carbocycles. The summed E-state index contributed by atoms with van der Waals surface area (Å²) in [4.78, 5) is 11.8. The van der Waals surface area contributed by atoms with Gasteiger partial charge < -0.3 is 15.2 Å². The molecule has 0 atom stereocenters. The first-order chi connectivity index (χ1) is 8.33. The Morgan fingerprint density at radius 3 is 2.56 bits per heavy atom. The number of hydrogen-bond donors (Lipinski definition) is 2. The van der Waals surface area contributed by atoms with Gasteiger partial charge in [0.25, 0.3) is 5.91 Å². The number of carbonyl (C=O) groups is 1. The molecule has 0 aliphatic carbocycles. The van der Waals surface area contributed by atoms with Gasteiger partial charge in [-0.3, -0.25) is 4.79 Å². The van der Waals surface area contributed by atoms with Gasteiger partial charge in [0.2, 0.25) is 0 Å². The van der Waals surface area contributed by atoms with Crippen LogP contribution in [-0.2, 0) is 0 Å². The lowest BCUT2D eigenvalue weighted by Crippen LogP contribution is -2.27. The predicted molar refractivity (Wildman–Crippen MR) is 71.1 cm³/mol. The molecule has 0 unspecified atom stereocenters. The number of phenols is 1. The predicted octanol–water partition coefficient (Wildman–Crippen LogP) is 2.57. The number of aromatic hydroxyl groups is 1. The highest BCUT2D eigenvalue weighted by Gasteiger charge is 2.14. The Hall–Kier alpha value is -1.71. The summed E-state index contributed by atoms with van der Waals surface area (Å²) in [5.41, 5.74) is 0.444. The van der Waals surface area contributed by atoms with Gasteiger partial charge in [-0.05, 0) is 24.0 Å². The fraction of sp³-hybridized carbons (Fsp3) is 0.500. The third-order valence-corrected chi connectivity index (χ3v) is 2.61. The molecule has 0 radical (unpaired) electrons. The quantitative estimate of drug-likeness (QED) is 0.864. The molecule has 18 heavy (non-hydrogen) atoms. The highest BCUT2D eigenvalue weighted by atomic mass is 16.5. The molecule has 1 amide bonds. The van der Waals surface area contributed by atoms with Crippen LogP contribution in [0.25, 0.3) is 0 Å². The third kappa shape index (κ3) is 4.28. The highest BCUT2D eigenvalue weighted by Crippen LogP contribution is 2.23. The van der Waals surface area contributed by atoms with Crippen molar-refractivity contribution >= 4 is 5.91 Å². The van der Waals surface area contributed by atoms with Gasteiger partial charge in [0.1, 0.15) is 11.5 Å². The highest BCUT2D eigenvalue weighted by molar-refractivity contribution is 5.96. The molecule has 100 valence electrons. The van der Waals surface area contributed by atoms with Gasteiger partial charge in [0.15, 0.2) is 0 Å². The lowest BCUT2D eigenvalue weighted by Gasteiger charge is -2.18. The SMILES string of the molecule is COc1ccc(C(=O)NCCC(C)(C)C)c(O)c1. The van der Waals surface area contributed by atoms with Crippen LogP contribution in [0.5, 0.6) is 11.5 Å². The van der Waals surface area contributed by atoms with E-state index >= 15 is 0 Å². The molecule has 0 bridgehead atoms. The van der Waals surface area contributed by atoms with Crippen LogP contribution in [0, 0.1) is 5.41 Å². The summed E-state index contributed by atoms with van der Waals surface area (Å²) in [7, 11) is 1.51. The van der Waals surface area contributed by atoms with Crippen molar-refractivity contribution in [3.05, 3.63) is 23.8 Å². The van der Waals surface area contributed by atoms with Crippen molar-refractivity contribution in [1.82, 2.24) is 5.32 Å². The summed E-state index contributed by atoms with van der Waals surface area (Å²) < 4.78 is 4.96. The van der Waals surface area contributed by atoms with E-state index < -0.39 is 0 Å². The molecule has 1 rings (SSSR count). The second-order valence-corrected chi connectivity index (χ2v) is 5.45. The number of amides is 1. The smallest absolute Gasteiger partial charge is 0.255 e. The number of methoxy groups -OCH3 is 1. The summed E-state index contributed by atoms with van der Waals surface area (Å²) in [6, 6.07) is 4.64. The number of hydrogen-bond acceptors (Lipinski definition) is 3. The van der Waals surface area contributed by atoms with Crippen molar-refractivity contribution in [2.24, 2.45) is 5.41 Å². The number of nitrogens with one attached hydrogen (secondary N) is 1. The van der Waals surface area contributed by atoms with E-state index in [9.17, 15) is 9.90 Å². The van der Waals surface area contributed by atoms with Gasteiger partial charge in [-0.15, -0.1) is 0 Å². The van der Waals surface area contributed by atoms with Crippen LogP contribution in [-0.4, -0.2) is 24.7 Å². The minimum Gasteiger partial charge on any atom is -0.507 e. The lowest BCUT2D eigenvalue weighted by molar-refractivity contribution is 0.0947. The summed E-state index contributed by atoms with van der Waals surface area (Å²) in [5.74, 6) is 0.195. The summed E-state index contributed by atoms with van der Waals surface area (Å²) in [6.45, 7) is 6.94. The molecule has 1 aromatic carbocycles. The number of rotatable bonds is 4. The fourth-order valence-corrected chi connectivity index (χ4v) is 1.48. The fourth-order valence-electron chi connectivity index (χ4n) is 1.48. The average molecular weight is 251 g/mol. The van der Waals surface area contributed by atoms with Gasteiger partial charge in [0, 0.05) is 12.6 Å². The van der Waals surface area contributed by atoms with Crippen molar-refractivity contribution in [2.45, 2.75) is 27.2 Å². The van der Waals surface area contributed by atoms with E-state index in [4.69, 9.17) is 4.74 Å². The minimum absolute atomic E-state index is 0.0670. The topological polar surface area (TPSA) is 58.6 Å². The maximum atomic E-state index is 11.8. The van der Waals surface area contributed by atoms with Crippen molar-refractivity contribution < 1.29 is 14.6 Å². The van der Waals surface area contributed by atoms with Crippen LogP contribution in [0.3, 0.4) is 0 Å². The molecule has 0 aliphatic rings.